The minimum absolute atomic E-state index is 0.00269. The molecule has 0 atom stereocenters. The van der Waals surface area contributed by atoms with E-state index < -0.39 is 6.09 Å². The van der Waals surface area contributed by atoms with Crippen molar-refractivity contribution in [1.82, 2.24) is 20.0 Å². The van der Waals surface area contributed by atoms with E-state index in [-0.39, 0.29) is 29.6 Å². The van der Waals surface area contributed by atoms with Gasteiger partial charge in [-0.05, 0) is 38.1 Å². The monoisotopic (exact) mass is 346 g/mol. The molecule has 2 amide bonds. The Kier molecular flexibility index (Phi) is 4.69. The summed E-state index contributed by atoms with van der Waals surface area (Å²) in [6.45, 7) is 4.34. The van der Waals surface area contributed by atoms with Crippen molar-refractivity contribution in [3.8, 4) is 5.69 Å². The first-order chi connectivity index (χ1) is 11.9. The summed E-state index contributed by atoms with van der Waals surface area (Å²) in [4.78, 5) is 25.4. The average Bonchev–Trinajstić information content (AvgIpc) is 2.99. The number of carbonyl (C=O) groups is 2. The van der Waals surface area contributed by atoms with Crippen molar-refractivity contribution in [2.75, 3.05) is 13.1 Å². The summed E-state index contributed by atoms with van der Waals surface area (Å²) in [5, 5.41) is 6.82. The van der Waals surface area contributed by atoms with Crippen molar-refractivity contribution in [2.45, 2.75) is 26.0 Å². The number of hydrogen-bond acceptors (Lipinski definition) is 4. The third kappa shape index (κ3) is 3.96. The Morgan fingerprint density at radius 2 is 2.08 bits per heavy atom. The highest BCUT2D eigenvalue weighted by Crippen LogP contribution is 2.16. The predicted octanol–water partition coefficient (Wildman–Crippen LogP) is 1.97. The van der Waals surface area contributed by atoms with Gasteiger partial charge in [-0.1, -0.05) is 6.07 Å². The van der Waals surface area contributed by atoms with E-state index in [0.29, 0.717) is 18.8 Å². The molecule has 1 aliphatic rings. The third-order valence-electron chi connectivity index (χ3n) is 3.70. The topological polar surface area (TPSA) is 76.5 Å². The zero-order valence-electron chi connectivity index (χ0n) is 14.0. The first kappa shape index (κ1) is 16.9. The van der Waals surface area contributed by atoms with Gasteiger partial charge < -0.3 is 15.0 Å². The van der Waals surface area contributed by atoms with Gasteiger partial charge in [0, 0.05) is 12.2 Å². The molecule has 0 radical (unpaired) electrons. The molecule has 1 fully saturated rings. The number of amides is 2. The van der Waals surface area contributed by atoms with Gasteiger partial charge in [-0.15, -0.1) is 0 Å². The van der Waals surface area contributed by atoms with Crippen LogP contribution < -0.4 is 5.32 Å². The number of nitrogens with zero attached hydrogens (tertiary/aromatic N) is 3. The average molecular weight is 346 g/mol. The van der Waals surface area contributed by atoms with Crippen LogP contribution in [0.1, 0.15) is 24.3 Å². The minimum Gasteiger partial charge on any atom is -0.442 e. The van der Waals surface area contributed by atoms with Crippen LogP contribution in [0.4, 0.5) is 9.18 Å². The second kappa shape index (κ2) is 6.92. The maximum Gasteiger partial charge on any atom is 0.407 e. The maximum atomic E-state index is 13.3. The lowest BCUT2D eigenvalue weighted by Crippen LogP contribution is -2.56. The van der Waals surface area contributed by atoms with E-state index >= 15 is 0 Å². The molecule has 1 aromatic heterocycles. The van der Waals surface area contributed by atoms with Crippen LogP contribution in [-0.4, -0.2) is 51.9 Å². The summed E-state index contributed by atoms with van der Waals surface area (Å²) in [5.74, 6) is -0.623. The summed E-state index contributed by atoms with van der Waals surface area (Å²) >= 11 is 0. The van der Waals surface area contributed by atoms with E-state index in [9.17, 15) is 14.0 Å². The van der Waals surface area contributed by atoms with Crippen LogP contribution in [0.3, 0.4) is 0 Å². The van der Waals surface area contributed by atoms with Crippen molar-refractivity contribution in [1.29, 1.82) is 0 Å². The molecule has 25 heavy (non-hydrogen) atoms. The van der Waals surface area contributed by atoms with Crippen LogP contribution in [0, 0.1) is 5.82 Å². The van der Waals surface area contributed by atoms with Crippen LogP contribution in [0.2, 0.25) is 0 Å². The Bertz CT molecular complexity index is 784. The van der Waals surface area contributed by atoms with Gasteiger partial charge in [0.05, 0.1) is 18.8 Å². The molecule has 1 saturated heterocycles. The Balaban J connectivity index is 1.56. The molecule has 0 spiro atoms. The SMILES string of the molecule is CC(C)NC(=O)OC1CN(C(=O)c2ccn(-c3cccc(F)c3)n2)C1. The van der Waals surface area contributed by atoms with E-state index in [1.165, 1.54) is 16.8 Å². The van der Waals surface area contributed by atoms with E-state index in [1.54, 1.807) is 29.3 Å². The van der Waals surface area contributed by atoms with Crippen molar-refractivity contribution < 1.29 is 18.7 Å². The molecule has 3 rings (SSSR count). The normalized spacial score (nSPS) is 14.3. The molecule has 1 N–H and O–H groups in total. The minimum atomic E-state index is -0.484. The number of likely N-dealkylation sites (tertiary alicyclic amines) is 1. The number of benzene rings is 1. The number of halogens is 1. The number of rotatable bonds is 4. The molecule has 0 saturated carbocycles. The Morgan fingerprint density at radius 1 is 1.32 bits per heavy atom. The zero-order valence-corrected chi connectivity index (χ0v) is 14.0. The molecular weight excluding hydrogens is 327 g/mol. The van der Waals surface area contributed by atoms with Gasteiger partial charge in [-0.2, -0.15) is 5.10 Å². The highest BCUT2D eigenvalue weighted by atomic mass is 19.1. The van der Waals surface area contributed by atoms with Gasteiger partial charge in [0.2, 0.25) is 0 Å². The molecule has 0 unspecified atom stereocenters. The van der Waals surface area contributed by atoms with E-state index in [0.717, 1.165) is 0 Å². The fraction of sp³-hybridized carbons (Fsp3) is 0.353. The van der Waals surface area contributed by atoms with Gasteiger partial charge in [0.1, 0.15) is 11.9 Å². The largest absolute Gasteiger partial charge is 0.442 e. The van der Waals surface area contributed by atoms with Crippen LogP contribution in [0.15, 0.2) is 36.5 Å². The van der Waals surface area contributed by atoms with Gasteiger partial charge in [-0.25, -0.2) is 13.9 Å². The Labute approximate surface area is 144 Å². The number of nitrogens with one attached hydrogen (secondary N) is 1. The van der Waals surface area contributed by atoms with Crippen molar-refractivity contribution in [2.24, 2.45) is 0 Å². The fourth-order valence-corrected chi connectivity index (χ4v) is 2.46. The van der Waals surface area contributed by atoms with Crippen LogP contribution >= 0.6 is 0 Å². The van der Waals surface area contributed by atoms with Gasteiger partial charge >= 0.3 is 6.09 Å². The highest BCUT2D eigenvalue weighted by Gasteiger charge is 2.35. The van der Waals surface area contributed by atoms with Crippen molar-refractivity contribution >= 4 is 12.0 Å². The molecule has 7 nitrogen and oxygen atoms in total. The summed E-state index contributed by atoms with van der Waals surface area (Å²) in [6, 6.07) is 7.53. The standard InChI is InChI=1S/C17H19FN4O3/c1-11(2)19-17(24)25-14-9-21(10-14)16(23)15-6-7-22(20-15)13-5-3-4-12(18)8-13/h3-8,11,14H,9-10H2,1-2H3,(H,19,24). The van der Waals surface area contributed by atoms with Crippen LogP contribution in [-0.2, 0) is 4.74 Å². The number of ether oxygens (including phenoxy) is 1. The predicted molar refractivity (Wildman–Crippen MR) is 88.0 cm³/mol. The van der Waals surface area contributed by atoms with Crippen molar-refractivity contribution in [3.05, 3.63) is 48.0 Å². The Hall–Kier alpha value is -2.90. The number of aromatic nitrogens is 2. The lowest BCUT2D eigenvalue weighted by Gasteiger charge is -2.37. The summed E-state index contributed by atoms with van der Waals surface area (Å²) in [5.41, 5.74) is 0.795. The molecule has 1 aromatic carbocycles. The van der Waals surface area contributed by atoms with E-state index in [2.05, 4.69) is 10.4 Å². The second-order valence-corrected chi connectivity index (χ2v) is 6.16. The molecule has 132 valence electrons. The van der Waals surface area contributed by atoms with E-state index in [1.807, 2.05) is 13.8 Å². The van der Waals surface area contributed by atoms with Gasteiger partial charge in [0.25, 0.3) is 5.91 Å². The summed E-state index contributed by atoms with van der Waals surface area (Å²) in [7, 11) is 0. The number of alkyl carbamates (subject to hydrolysis) is 1. The molecule has 0 bridgehead atoms. The smallest absolute Gasteiger partial charge is 0.407 e. The highest BCUT2D eigenvalue weighted by molar-refractivity contribution is 5.93. The number of hydrogen-bond donors (Lipinski definition) is 1. The summed E-state index contributed by atoms with van der Waals surface area (Å²) < 4.78 is 19.9. The first-order valence-electron chi connectivity index (χ1n) is 8.00. The summed E-state index contributed by atoms with van der Waals surface area (Å²) in [6.07, 6.45) is 0.807. The maximum absolute atomic E-state index is 13.3. The third-order valence-corrected chi connectivity index (χ3v) is 3.70. The van der Waals surface area contributed by atoms with Gasteiger partial charge in [0.15, 0.2) is 5.69 Å². The molecule has 2 heterocycles. The van der Waals surface area contributed by atoms with Crippen LogP contribution in [0.5, 0.6) is 0 Å². The second-order valence-electron chi connectivity index (χ2n) is 6.16. The molecule has 8 heteroatoms. The zero-order chi connectivity index (χ0) is 18.0. The quantitative estimate of drug-likeness (QED) is 0.918. The van der Waals surface area contributed by atoms with Gasteiger partial charge in [-0.3, -0.25) is 4.79 Å². The Morgan fingerprint density at radius 3 is 2.76 bits per heavy atom. The lowest BCUT2D eigenvalue weighted by molar-refractivity contribution is -0.00732. The molecule has 1 aliphatic heterocycles. The van der Waals surface area contributed by atoms with E-state index in [4.69, 9.17) is 4.74 Å². The fourth-order valence-electron chi connectivity index (χ4n) is 2.46. The lowest BCUT2D eigenvalue weighted by atomic mass is 10.1. The van der Waals surface area contributed by atoms with Crippen molar-refractivity contribution in [3.63, 3.8) is 0 Å². The first-order valence-corrected chi connectivity index (χ1v) is 8.00. The molecular formula is C17H19FN4O3. The number of carbonyl (C=O) groups excluding carboxylic acids is 2. The molecule has 2 aromatic rings. The van der Waals surface area contributed by atoms with Crippen LogP contribution in [0.25, 0.3) is 5.69 Å². The molecule has 0 aliphatic carbocycles.